The van der Waals surface area contributed by atoms with Gasteiger partial charge in [-0.1, -0.05) is 6.07 Å². The normalized spacial score (nSPS) is 10.4. The van der Waals surface area contributed by atoms with Crippen molar-refractivity contribution in [1.82, 2.24) is 0 Å². The highest BCUT2D eigenvalue weighted by molar-refractivity contribution is 5.94. The van der Waals surface area contributed by atoms with Crippen molar-refractivity contribution in [3.05, 3.63) is 59.6 Å². The Bertz CT molecular complexity index is 504. The molecule has 0 aliphatic rings. The molecule has 0 fully saturated rings. The molecule has 0 aliphatic heterocycles. The van der Waals surface area contributed by atoms with Crippen molar-refractivity contribution in [3.63, 3.8) is 0 Å². The summed E-state index contributed by atoms with van der Waals surface area (Å²) in [5.74, 6) is -1.55. The second-order valence-corrected chi connectivity index (χ2v) is 3.31. The Kier molecular flexibility index (Phi) is 2.81. The zero-order chi connectivity index (χ0) is 11.5. The highest BCUT2D eigenvalue weighted by Crippen LogP contribution is 2.13. The van der Waals surface area contributed by atoms with Gasteiger partial charge in [-0.15, -0.1) is 0 Å². The molecular formula is C12H8F2O2. The van der Waals surface area contributed by atoms with Gasteiger partial charge < -0.3 is 4.42 Å². The molecule has 0 atom stereocenters. The first-order chi connectivity index (χ1) is 7.66. The maximum Gasteiger partial charge on any atom is 0.202 e. The number of benzene rings is 1. The van der Waals surface area contributed by atoms with Crippen LogP contribution in [0.1, 0.15) is 16.1 Å². The summed E-state index contributed by atoms with van der Waals surface area (Å²) in [4.78, 5) is 11.6. The lowest BCUT2D eigenvalue weighted by Crippen LogP contribution is -2.04. The average molecular weight is 222 g/mol. The largest absolute Gasteiger partial charge is 0.461 e. The molecule has 0 radical (unpaired) electrons. The van der Waals surface area contributed by atoms with Crippen molar-refractivity contribution in [2.45, 2.75) is 6.42 Å². The Morgan fingerprint density at radius 3 is 2.69 bits per heavy atom. The Morgan fingerprint density at radius 2 is 2.06 bits per heavy atom. The zero-order valence-corrected chi connectivity index (χ0v) is 8.24. The van der Waals surface area contributed by atoms with E-state index >= 15 is 0 Å². The predicted molar refractivity (Wildman–Crippen MR) is 53.1 cm³/mol. The summed E-state index contributed by atoms with van der Waals surface area (Å²) in [6, 6.07) is 6.21. The minimum atomic E-state index is -0.722. The van der Waals surface area contributed by atoms with Gasteiger partial charge in [-0.25, -0.2) is 8.78 Å². The van der Waals surface area contributed by atoms with E-state index in [1.807, 2.05) is 0 Å². The second kappa shape index (κ2) is 4.26. The fourth-order valence-corrected chi connectivity index (χ4v) is 1.36. The third kappa shape index (κ3) is 2.16. The maximum atomic E-state index is 13.2. The molecular weight excluding hydrogens is 214 g/mol. The van der Waals surface area contributed by atoms with Crippen LogP contribution in [0.25, 0.3) is 0 Å². The third-order valence-electron chi connectivity index (χ3n) is 2.16. The van der Waals surface area contributed by atoms with Gasteiger partial charge in [0.25, 0.3) is 0 Å². The number of furan rings is 1. The van der Waals surface area contributed by atoms with Crippen LogP contribution in [0.4, 0.5) is 8.78 Å². The number of Topliss-reactive ketones (excluding diaryl/α,β-unsaturated/α-hetero) is 1. The molecule has 0 aliphatic carbocycles. The van der Waals surface area contributed by atoms with Gasteiger partial charge in [0.05, 0.1) is 6.26 Å². The van der Waals surface area contributed by atoms with Gasteiger partial charge in [0.2, 0.25) is 5.78 Å². The van der Waals surface area contributed by atoms with Crippen molar-refractivity contribution in [2.75, 3.05) is 0 Å². The lowest BCUT2D eigenvalue weighted by Gasteiger charge is -2.00. The predicted octanol–water partition coefficient (Wildman–Crippen LogP) is 2.98. The van der Waals surface area contributed by atoms with Crippen molar-refractivity contribution < 1.29 is 18.0 Å². The van der Waals surface area contributed by atoms with E-state index in [-0.39, 0.29) is 23.5 Å². The first-order valence-electron chi connectivity index (χ1n) is 4.67. The molecule has 2 aromatic rings. The first-order valence-corrected chi connectivity index (χ1v) is 4.67. The Morgan fingerprint density at radius 1 is 1.25 bits per heavy atom. The van der Waals surface area contributed by atoms with E-state index in [9.17, 15) is 13.6 Å². The molecule has 0 N–H and O–H groups in total. The summed E-state index contributed by atoms with van der Waals surface area (Å²) in [6.45, 7) is 0. The molecule has 0 saturated heterocycles. The topological polar surface area (TPSA) is 30.2 Å². The molecule has 1 aromatic heterocycles. The van der Waals surface area contributed by atoms with Crippen LogP contribution in [0.5, 0.6) is 0 Å². The van der Waals surface area contributed by atoms with E-state index in [2.05, 4.69) is 0 Å². The fourth-order valence-electron chi connectivity index (χ4n) is 1.36. The van der Waals surface area contributed by atoms with E-state index in [0.717, 1.165) is 12.1 Å². The van der Waals surface area contributed by atoms with Crippen LogP contribution in [0.15, 0.2) is 41.0 Å². The maximum absolute atomic E-state index is 13.2. The average Bonchev–Trinajstić information content (AvgIpc) is 2.75. The van der Waals surface area contributed by atoms with Crippen LogP contribution in [-0.4, -0.2) is 5.78 Å². The van der Waals surface area contributed by atoms with E-state index in [0.29, 0.717) is 0 Å². The van der Waals surface area contributed by atoms with Crippen LogP contribution < -0.4 is 0 Å². The molecule has 0 bridgehead atoms. The quantitative estimate of drug-likeness (QED) is 0.747. The summed E-state index contributed by atoms with van der Waals surface area (Å²) >= 11 is 0. The Labute approximate surface area is 90.5 Å². The van der Waals surface area contributed by atoms with Crippen molar-refractivity contribution in [1.29, 1.82) is 0 Å². The highest BCUT2D eigenvalue weighted by atomic mass is 19.1. The molecule has 1 heterocycles. The van der Waals surface area contributed by atoms with Gasteiger partial charge in [-0.2, -0.15) is 0 Å². The molecule has 4 heteroatoms. The summed E-state index contributed by atoms with van der Waals surface area (Å²) in [7, 11) is 0. The van der Waals surface area contributed by atoms with Gasteiger partial charge in [0.1, 0.15) is 11.6 Å². The van der Waals surface area contributed by atoms with Crippen LogP contribution in [0, 0.1) is 11.6 Å². The van der Waals surface area contributed by atoms with E-state index in [4.69, 9.17) is 4.42 Å². The van der Waals surface area contributed by atoms with Gasteiger partial charge in [-0.3, -0.25) is 4.79 Å². The minimum absolute atomic E-state index is 0.139. The number of ketones is 1. The van der Waals surface area contributed by atoms with Crippen LogP contribution in [0.3, 0.4) is 0 Å². The lowest BCUT2D eigenvalue weighted by atomic mass is 10.1. The monoisotopic (exact) mass is 222 g/mol. The molecule has 0 saturated carbocycles. The molecule has 0 amide bonds. The van der Waals surface area contributed by atoms with E-state index in [1.165, 1.54) is 18.4 Å². The summed E-state index contributed by atoms with van der Waals surface area (Å²) in [6.07, 6.45) is 1.23. The zero-order valence-electron chi connectivity index (χ0n) is 8.24. The lowest BCUT2D eigenvalue weighted by molar-refractivity contribution is 0.0965. The van der Waals surface area contributed by atoms with E-state index < -0.39 is 11.6 Å². The summed E-state index contributed by atoms with van der Waals surface area (Å²) in [5, 5.41) is 0. The first kappa shape index (κ1) is 10.5. The molecule has 2 nitrogen and oxygen atoms in total. The Balaban J connectivity index is 2.18. The van der Waals surface area contributed by atoms with Crippen LogP contribution in [0.2, 0.25) is 0 Å². The smallest absolute Gasteiger partial charge is 0.202 e. The SMILES string of the molecule is O=C(Cc1ccc(F)cc1F)c1ccco1. The number of rotatable bonds is 3. The van der Waals surface area contributed by atoms with Gasteiger partial charge >= 0.3 is 0 Å². The van der Waals surface area contributed by atoms with Crippen LogP contribution in [-0.2, 0) is 6.42 Å². The molecule has 1 aromatic carbocycles. The number of carbonyl (C=O) groups is 1. The molecule has 2 rings (SSSR count). The molecule has 0 unspecified atom stereocenters. The Hall–Kier alpha value is -1.97. The van der Waals surface area contributed by atoms with Gasteiger partial charge in [0, 0.05) is 12.5 Å². The fraction of sp³-hybridized carbons (Fsp3) is 0.0833. The number of halogens is 2. The molecule has 16 heavy (non-hydrogen) atoms. The summed E-state index contributed by atoms with van der Waals surface area (Å²) < 4.78 is 30.7. The molecule has 0 spiro atoms. The van der Waals surface area contributed by atoms with Crippen LogP contribution >= 0.6 is 0 Å². The van der Waals surface area contributed by atoms with Crippen molar-refractivity contribution >= 4 is 5.78 Å². The van der Waals surface area contributed by atoms with Gasteiger partial charge in [0.15, 0.2) is 5.76 Å². The number of carbonyl (C=O) groups excluding carboxylic acids is 1. The highest BCUT2D eigenvalue weighted by Gasteiger charge is 2.12. The number of hydrogen-bond acceptors (Lipinski definition) is 2. The van der Waals surface area contributed by atoms with Crippen molar-refractivity contribution in [3.8, 4) is 0 Å². The second-order valence-electron chi connectivity index (χ2n) is 3.31. The number of hydrogen-bond donors (Lipinski definition) is 0. The van der Waals surface area contributed by atoms with Crippen molar-refractivity contribution in [2.24, 2.45) is 0 Å². The summed E-state index contributed by atoms with van der Waals surface area (Å²) in [5.41, 5.74) is 0.155. The standard InChI is InChI=1S/C12H8F2O2/c13-9-4-3-8(10(14)7-9)6-11(15)12-2-1-5-16-12/h1-5,7H,6H2. The van der Waals surface area contributed by atoms with Gasteiger partial charge in [-0.05, 0) is 23.8 Å². The molecule has 82 valence electrons. The third-order valence-corrected chi connectivity index (χ3v) is 2.16. The minimum Gasteiger partial charge on any atom is -0.461 e. The van der Waals surface area contributed by atoms with E-state index in [1.54, 1.807) is 6.07 Å².